The summed E-state index contributed by atoms with van der Waals surface area (Å²) in [4.78, 5) is 2.26. The van der Waals surface area contributed by atoms with Gasteiger partial charge in [0.2, 0.25) is 0 Å². The lowest BCUT2D eigenvalue weighted by molar-refractivity contribution is 1.21. The van der Waals surface area contributed by atoms with Gasteiger partial charge in [0.25, 0.3) is 0 Å². The van der Waals surface area contributed by atoms with Crippen molar-refractivity contribution in [2.45, 2.75) is 6.92 Å². The van der Waals surface area contributed by atoms with Crippen LogP contribution in [0.4, 0.5) is 11.4 Å². The fraction of sp³-hybridized carbons (Fsp3) is 0.0769. The van der Waals surface area contributed by atoms with E-state index in [1.54, 1.807) is 0 Å². The van der Waals surface area contributed by atoms with Crippen LogP contribution in [-0.2, 0) is 0 Å². The van der Waals surface area contributed by atoms with E-state index in [0.29, 0.717) is 0 Å². The number of hydrogen-bond acceptors (Lipinski definition) is 1. The summed E-state index contributed by atoms with van der Waals surface area (Å²) < 4.78 is 0. The summed E-state index contributed by atoms with van der Waals surface area (Å²) in [5.41, 5.74) is 8.69. The first-order chi connectivity index (χ1) is 13.2. The third-order valence-electron chi connectivity index (χ3n) is 5.06. The molecule has 0 spiro atoms. The highest BCUT2D eigenvalue weighted by atomic mass is 15.1. The van der Waals surface area contributed by atoms with Crippen LogP contribution in [-0.4, -0.2) is 7.05 Å². The third-order valence-corrected chi connectivity index (χ3v) is 5.06. The highest BCUT2D eigenvalue weighted by Crippen LogP contribution is 2.36. The molecule has 0 N–H and O–H groups in total. The lowest BCUT2D eigenvalue weighted by Crippen LogP contribution is -2.10. The molecule has 0 heterocycles. The molecule has 0 aliphatic rings. The van der Waals surface area contributed by atoms with Crippen molar-refractivity contribution in [3.63, 3.8) is 0 Å². The minimum atomic E-state index is 1.18. The maximum atomic E-state index is 2.26. The van der Waals surface area contributed by atoms with E-state index < -0.39 is 0 Å². The van der Waals surface area contributed by atoms with Crippen molar-refractivity contribution in [2.75, 3.05) is 11.9 Å². The zero-order valence-electron chi connectivity index (χ0n) is 15.8. The summed E-state index contributed by atoms with van der Waals surface area (Å²) in [6.07, 6.45) is 0. The number of rotatable bonds is 4. The average molecular weight is 349 g/mol. The molecule has 0 saturated carbocycles. The quantitative estimate of drug-likeness (QED) is 0.380. The van der Waals surface area contributed by atoms with Crippen molar-refractivity contribution < 1.29 is 0 Å². The number of para-hydroxylation sites is 1. The molecule has 1 nitrogen and oxygen atoms in total. The van der Waals surface area contributed by atoms with Crippen LogP contribution in [0.5, 0.6) is 0 Å². The van der Waals surface area contributed by atoms with E-state index in [1.165, 1.54) is 39.2 Å². The lowest BCUT2D eigenvalue weighted by Gasteiger charge is -2.23. The summed E-state index contributed by atoms with van der Waals surface area (Å²) in [6.45, 7) is 2.17. The molecule has 132 valence electrons. The van der Waals surface area contributed by atoms with Crippen molar-refractivity contribution in [1.29, 1.82) is 0 Å². The molecule has 0 saturated heterocycles. The van der Waals surface area contributed by atoms with Crippen molar-refractivity contribution in [2.24, 2.45) is 0 Å². The van der Waals surface area contributed by atoms with E-state index in [2.05, 4.69) is 116 Å². The molecule has 4 aromatic rings. The average Bonchev–Trinajstić information content (AvgIpc) is 2.74. The normalized spacial score (nSPS) is 10.6. The van der Waals surface area contributed by atoms with Crippen molar-refractivity contribution >= 4 is 11.4 Å². The van der Waals surface area contributed by atoms with Gasteiger partial charge in [-0.15, -0.1) is 0 Å². The van der Waals surface area contributed by atoms with E-state index in [-0.39, 0.29) is 0 Å². The second-order valence-corrected chi connectivity index (χ2v) is 6.80. The standard InChI is InChI=1S/C26H23N/c1-20-10-6-7-13-24(20)25-14-8-9-15-26(25)27(2)23-18-16-22(17-19-23)21-11-4-3-5-12-21/h3-19H,1-2H3. The molecule has 0 bridgehead atoms. The van der Waals surface area contributed by atoms with Crippen molar-refractivity contribution in [3.05, 3.63) is 109 Å². The monoisotopic (exact) mass is 349 g/mol. The number of nitrogens with zero attached hydrogens (tertiary/aromatic N) is 1. The lowest BCUT2D eigenvalue weighted by atomic mass is 9.98. The predicted octanol–water partition coefficient (Wildman–Crippen LogP) is 7.10. The molecule has 0 amide bonds. The molecule has 0 fully saturated rings. The number of benzene rings is 4. The summed E-state index contributed by atoms with van der Waals surface area (Å²) in [6, 6.07) is 36.4. The van der Waals surface area contributed by atoms with Gasteiger partial charge in [0, 0.05) is 24.0 Å². The highest BCUT2D eigenvalue weighted by Gasteiger charge is 2.12. The molecule has 0 atom stereocenters. The van der Waals surface area contributed by atoms with Crippen LogP contribution in [0.25, 0.3) is 22.3 Å². The van der Waals surface area contributed by atoms with Gasteiger partial charge in [0.05, 0.1) is 0 Å². The van der Waals surface area contributed by atoms with E-state index in [1.807, 2.05) is 6.07 Å². The molecule has 1 heteroatoms. The van der Waals surface area contributed by atoms with Crippen LogP contribution in [0.2, 0.25) is 0 Å². The summed E-state index contributed by atoms with van der Waals surface area (Å²) >= 11 is 0. The first-order valence-electron chi connectivity index (χ1n) is 9.28. The molecular weight excluding hydrogens is 326 g/mol. The number of hydrogen-bond donors (Lipinski definition) is 0. The minimum Gasteiger partial charge on any atom is -0.344 e. The Morgan fingerprint density at radius 1 is 0.519 bits per heavy atom. The van der Waals surface area contributed by atoms with Crippen LogP contribution in [0.15, 0.2) is 103 Å². The first kappa shape index (κ1) is 17.1. The highest BCUT2D eigenvalue weighted by molar-refractivity contribution is 5.84. The fourth-order valence-corrected chi connectivity index (χ4v) is 3.52. The molecule has 27 heavy (non-hydrogen) atoms. The molecule has 0 unspecified atom stereocenters. The van der Waals surface area contributed by atoms with E-state index in [0.717, 1.165) is 0 Å². The SMILES string of the molecule is Cc1ccccc1-c1ccccc1N(C)c1ccc(-c2ccccc2)cc1. The summed E-state index contributed by atoms with van der Waals surface area (Å²) in [7, 11) is 2.13. The van der Waals surface area contributed by atoms with Crippen molar-refractivity contribution in [1.82, 2.24) is 0 Å². The second-order valence-electron chi connectivity index (χ2n) is 6.80. The Labute approximate surface area is 161 Å². The van der Waals surface area contributed by atoms with Gasteiger partial charge in [-0.3, -0.25) is 0 Å². The second kappa shape index (κ2) is 7.51. The van der Waals surface area contributed by atoms with Gasteiger partial charge >= 0.3 is 0 Å². The number of anilines is 2. The molecule has 0 aliphatic carbocycles. The molecule has 0 aliphatic heterocycles. The Bertz CT molecular complexity index is 1030. The van der Waals surface area contributed by atoms with Gasteiger partial charge in [-0.05, 0) is 47.4 Å². The molecular formula is C26H23N. The molecule has 4 rings (SSSR count). The minimum absolute atomic E-state index is 1.18. The van der Waals surface area contributed by atoms with Crippen LogP contribution < -0.4 is 4.90 Å². The zero-order chi connectivity index (χ0) is 18.6. The van der Waals surface area contributed by atoms with E-state index in [9.17, 15) is 0 Å². The van der Waals surface area contributed by atoms with Crippen molar-refractivity contribution in [3.8, 4) is 22.3 Å². The topological polar surface area (TPSA) is 3.24 Å². The Morgan fingerprint density at radius 3 is 1.78 bits per heavy atom. The fourth-order valence-electron chi connectivity index (χ4n) is 3.52. The van der Waals surface area contributed by atoms with Crippen LogP contribution >= 0.6 is 0 Å². The summed E-state index contributed by atoms with van der Waals surface area (Å²) in [5.74, 6) is 0. The van der Waals surface area contributed by atoms with Gasteiger partial charge in [-0.1, -0.05) is 84.9 Å². The van der Waals surface area contributed by atoms with Gasteiger partial charge < -0.3 is 4.90 Å². The van der Waals surface area contributed by atoms with E-state index >= 15 is 0 Å². The Hall–Kier alpha value is -3.32. The molecule has 0 radical (unpaired) electrons. The molecule has 0 aromatic heterocycles. The first-order valence-corrected chi connectivity index (χ1v) is 9.28. The maximum Gasteiger partial charge on any atom is 0.0487 e. The smallest absolute Gasteiger partial charge is 0.0487 e. The predicted molar refractivity (Wildman–Crippen MR) is 117 cm³/mol. The largest absolute Gasteiger partial charge is 0.344 e. The third kappa shape index (κ3) is 3.50. The Morgan fingerprint density at radius 2 is 1.07 bits per heavy atom. The zero-order valence-corrected chi connectivity index (χ0v) is 15.8. The summed E-state index contributed by atoms with van der Waals surface area (Å²) in [5, 5.41) is 0. The van der Waals surface area contributed by atoms with Gasteiger partial charge in [-0.2, -0.15) is 0 Å². The van der Waals surface area contributed by atoms with Gasteiger partial charge in [-0.25, -0.2) is 0 Å². The molecule has 4 aromatic carbocycles. The van der Waals surface area contributed by atoms with Crippen LogP contribution in [0.3, 0.4) is 0 Å². The van der Waals surface area contributed by atoms with Crippen LogP contribution in [0, 0.1) is 6.92 Å². The van der Waals surface area contributed by atoms with E-state index in [4.69, 9.17) is 0 Å². The van der Waals surface area contributed by atoms with Gasteiger partial charge in [0.15, 0.2) is 0 Å². The Kier molecular flexibility index (Phi) is 4.76. The van der Waals surface area contributed by atoms with Gasteiger partial charge in [0.1, 0.15) is 0 Å². The maximum absolute atomic E-state index is 2.26. The number of aryl methyl sites for hydroxylation is 1. The Balaban J connectivity index is 1.70. The van der Waals surface area contributed by atoms with Crippen LogP contribution in [0.1, 0.15) is 5.56 Å².